The van der Waals surface area contributed by atoms with Crippen LogP contribution in [0.15, 0.2) is 48.5 Å². The van der Waals surface area contributed by atoms with Crippen LogP contribution >= 0.6 is 22.9 Å². The molecule has 178 valence electrons. The smallest absolute Gasteiger partial charge is 0.341 e. The Morgan fingerprint density at radius 3 is 2.41 bits per heavy atom. The lowest BCUT2D eigenvalue weighted by Crippen LogP contribution is -2.15. The molecule has 0 aliphatic carbocycles. The maximum absolute atomic E-state index is 12.8. The maximum Gasteiger partial charge on any atom is 0.341 e. The van der Waals surface area contributed by atoms with E-state index < -0.39 is 10.9 Å². The number of halogens is 1. The second-order valence-corrected chi connectivity index (χ2v) is 8.88. The predicted octanol–water partition coefficient (Wildman–Crippen LogP) is 6.26. The zero-order valence-electron chi connectivity index (χ0n) is 18.6. The first kappa shape index (κ1) is 25.2. The number of carbonyl (C=O) groups excluding carboxylic acids is 2. The van der Waals surface area contributed by atoms with Crippen molar-refractivity contribution in [1.82, 2.24) is 0 Å². The first-order valence-electron chi connectivity index (χ1n) is 10.5. The molecule has 0 atom stereocenters. The Morgan fingerprint density at radius 1 is 1.12 bits per heavy atom. The van der Waals surface area contributed by atoms with E-state index in [4.69, 9.17) is 21.1 Å². The number of esters is 1. The molecule has 0 unspecified atom stereocenters. The summed E-state index contributed by atoms with van der Waals surface area (Å²) >= 11 is 7.11. The van der Waals surface area contributed by atoms with E-state index in [1.807, 2.05) is 6.92 Å². The third kappa shape index (κ3) is 6.33. The largest absolute Gasteiger partial charge is 0.494 e. The highest BCUT2D eigenvalue weighted by Gasteiger charge is 2.25. The van der Waals surface area contributed by atoms with Gasteiger partial charge in [0.15, 0.2) is 0 Å². The van der Waals surface area contributed by atoms with Crippen LogP contribution in [-0.2, 0) is 9.53 Å². The molecule has 1 N–H and O–H groups in total. The number of benzene rings is 2. The molecule has 3 rings (SSSR count). The van der Waals surface area contributed by atoms with Crippen LogP contribution in [0.5, 0.6) is 5.75 Å². The van der Waals surface area contributed by atoms with Gasteiger partial charge >= 0.3 is 5.97 Å². The molecule has 0 saturated carbocycles. The Hall–Kier alpha value is -3.43. The zero-order chi connectivity index (χ0) is 24.7. The lowest BCUT2D eigenvalue weighted by molar-refractivity contribution is -0.384. The van der Waals surface area contributed by atoms with Gasteiger partial charge in [0.1, 0.15) is 16.3 Å². The maximum atomic E-state index is 12.8. The average molecular weight is 503 g/mol. The van der Waals surface area contributed by atoms with Crippen molar-refractivity contribution < 1.29 is 24.0 Å². The first-order chi connectivity index (χ1) is 16.3. The van der Waals surface area contributed by atoms with Crippen LogP contribution in [0.3, 0.4) is 0 Å². The summed E-state index contributed by atoms with van der Waals surface area (Å²) in [7, 11) is 0. The number of aryl methyl sites for hydroxylation is 1. The van der Waals surface area contributed by atoms with Crippen molar-refractivity contribution in [2.24, 2.45) is 0 Å². The van der Waals surface area contributed by atoms with E-state index >= 15 is 0 Å². The van der Waals surface area contributed by atoms with Crippen molar-refractivity contribution in [1.29, 1.82) is 0 Å². The number of anilines is 1. The second-order valence-electron chi connectivity index (χ2n) is 7.22. The normalized spacial score (nSPS) is 10.6. The molecule has 1 heterocycles. The number of thiophene rings is 1. The number of hydrogen-bond acceptors (Lipinski definition) is 7. The number of hydrogen-bond donors (Lipinski definition) is 1. The third-order valence-electron chi connectivity index (χ3n) is 4.81. The highest BCUT2D eigenvalue weighted by atomic mass is 35.5. The molecule has 1 amide bonds. The molecule has 0 aliphatic heterocycles. The van der Waals surface area contributed by atoms with E-state index in [-0.39, 0.29) is 30.2 Å². The first-order valence-corrected chi connectivity index (χ1v) is 11.7. The number of amides is 1. The van der Waals surface area contributed by atoms with Crippen LogP contribution < -0.4 is 10.1 Å². The monoisotopic (exact) mass is 502 g/mol. The van der Waals surface area contributed by atoms with Gasteiger partial charge in [-0.05, 0) is 62.2 Å². The van der Waals surface area contributed by atoms with Crippen LogP contribution in [0, 0.1) is 17.0 Å². The van der Waals surface area contributed by atoms with Gasteiger partial charge in [0, 0.05) is 34.0 Å². The summed E-state index contributed by atoms with van der Waals surface area (Å²) in [6.45, 7) is 4.03. The summed E-state index contributed by atoms with van der Waals surface area (Å²) in [5.41, 5.74) is 1.40. The summed E-state index contributed by atoms with van der Waals surface area (Å²) < 4.78 is 10.8. The summed E-state index contributed by atoms with van der Waals surface area (Å²) in [6.07, 6.45) is 0.669. The van der Waals surface area contributed by atoms with Gasteiger partial charge in [0.25, 0.3) is 5.69 Å². The van der Waals surface area contributed by atoms with Gasteiger partial charge in [-0.25, -0.2) is 4.79 Å². The highest BCUT2D eigenvalue weighted by molar-refractivity contribution is 7.17. The van der Waals surface area contributed by atoms with E-state index in [9.17, 15) is 19.7 Å². The summed E-state index contributed by atoms with van der Waals surface area (Å²) in [5, 5.41) is 14.8. The lowest BCUT2D eigenvalue weighted by Gasteiger charge is -2.10. The summed E-state index contributed by atoms with van der Waals surface area (Å²) in [4.78, 5) is 36.6. The molecule has 2 aromatic carbocycles. The van der Waals surface area contributed by atoms with Crippen molar-refractivity contribution in [3.63, 3.8) is 0 Å². The SMILES string of the molecule is CCOC(=O)c1c(NC(=O)CCCOc2ccc(Cl)cc2)sc(C)c1-c1ccc([N+](=O)[O-])cc1. The van der Waals surface area contributed by atoms with Crippen LogP contribution in [0.2, 0.25) is 5.02 Å². The minimum absolute atomic E-state index is 0.0522. The van der Waals surface area contributed by atoms with Crippen molar-refractivity contribution >= 4 is 45.5 Å². The lowest BCUT2D eigenvalue weighted by atomic mass is 10.0. The number of carbonyl (C=O) groups is 2. The van der Waals surface area contributed by atoms with Gasteiger partial charge < -0.3 is 14.8 Å². The van der Waals surface area contributed by atoms with Crippen molar-refractivity contribution in [3.05, 3.63) is 74.1 Å². The number of rotatable bonds is 10. The second kappa shape index (κ2) is 11.6. The minimum atomic E-state index is -0.568. The van der Waals surface area contributed by atoms with E-state index in [2.05, 4.69) is 5.32 Å². The van der Waals surface area contributed by atoms with E-state index in [1.54, 1.807) is 43.3 Å². The fourth-order valence-electron chi connectivity index (χ4n) is 3.27. The highest BCUT2D eigenvalue weighted by Crippen LogP contribution is 2.41. The average Bonchev–Trinajstić information content (AvgIpc) is 3.13. The molecule has 0 fully saturated rings. The molecular weight excluding hydrogens is 480 g/mol. The standard InChI is InChI=1S/C24H23ClN2O6S/c1-3-32-24(29)22-21(16-6-10-18(11-7-16)27(30)31)15(2)34-23(22)26-20(28)5-4-14-33-19-12-8-17(25)9-13-19/h6-13H,3-5,14H2,1-2H3,(H,26,28). The molecule has 0 saturated heterocycles. The fourth-order valence-corrected chi connectivity index (χ4v) is 4.48. The van der Waals surface area contributed by atoms with E-state index in [0.29, 0.717) is 39.9 Å². The molecule has 3 aromatic rings. The van der Waals surface area contributed by atoms with Gasteiger partial charge in [0.2, 0.25) is 5.91 Å². The quantitative estimate of drug-likeness (QED) is 0.152. The van der Waals surface area contributed by atoms with Gasteiger partial charge in [-0.15, -0.1) is 11.3 Å². The van der Waals surface area contributed by atoms with Crippen LogP contribution in [-0.4, -0.2) is 30.0 Å². The predicted molar refractivity (Wildman–Crippen MR) is 132 cm³/mol. The van der Waals surface area contributed by atoms with Crippen molar-refractivity contribution in [2.45, 2.75) is 26.7 Å². The Balaban J connectivity index is 1.73. The fraction of sp³-hybridized carbons (Fsp3) is 0.250. The topological polar surface area (TPSA) is 108 Å². The molecule has 10 heteroatoms. The number of nitrogens with one attached hydrogen (secondary N) is 1. The Morgan fingerprint density at radius 2 is 1.79 bits per heavy atom. The van der Waals surface area contributed by atoms with Crippen molar-refractivity contribution in [3.8, 4) is 16.9 Å². The van der Waals surface area contributed by atoms with Gasteiger partial charge in [0.05, 0.1) is 18.1 Å². The van der Waals surface area contributed by atoms with Crippen molar-refractivity contribution in [2.75, 3.05) is 18.5 Å². The van der Waals surface area contributed by atoms with Crippen LogP contribution in [0.4, 0.5) is 10.7 Å². The Labute approximate surface area is 205 Å². The summed E-state index contributed by atoms with van der Waals surface area (Å²) in [6, 6.07) is 12.9. The summed E-state index contributed by atoms with van der Waals surface area (Å²) in [5.74, 6) is -0.167. The minimum Gasteiger partial charge on any atom is -0.494 e. The zero-order valence-corrected chi connectivity index (χ0v) is 20.2. The third-order valence-corrected chi connectivity index (χ3v) is 6.09. The van der Waals surface area contributed by atoms with Crippen LogP contribution in [0.1, 0.15) is 35.0 Å². The number of nitro groups is 1. The molecule has 8 nitrogen and oxygen atoms in total. The van der Waals surface area contributed by atoms with E-state index in [1.165, 1.54) is 23.5 Å². The van der Waals surface area contributed by atoms with Gasteiger partial charge in [-0.3, -0.25) is 14.9 Å². The molecule has 0 radical (unpaired) electrons. The van der Waals surface area contributed by atoms with Crippen LogP contribution in [0.25, 0.3) is 11.1 Å². The molecule has 0 bridgehead atoms. The number of non-ortho nitro benzene ring substituents is 1. The number of nitrogens with zero attached hydrogens (tertiary/aromatic N) is 1. The molecule has 0 aliphatic rings. The molecule has 34 heavy (non-hydrogen) atoms. The van der Waals surface area contributed by atoms with E-state index in [0.717, 1.165) is 4.88 Å². The number of nitro benzene ring substituents is 1. The number of ether oxygens (including phenoxy) is 2. The molecular formula is C24H23ClN2O6S. The molecule has 0 spiro atoms. The Bertz CT molecular complexity index is 1180. The molecule has 1 aromatic heterocycles. The Kier molecular flexibility index (Phi) is 8.61. The van der Waals surface area contributed by atoms with Gasteiger partial charge in [-0.1, -0.05) is 11.6 Å². The van der Waals surface area contributed by atoms with Gasteiger partial charge in [-0.2, -0.15) is 0 Å².